The van der Waals surface area contributed by atoms with Gasteiger partial charge in [-0.2, -0.15) is 4.99 Å². The van der Waals surface area contributed by atoms with Gasteiger partial charge in [0.15, 0.2) is 0 Å². The molecule has 1 unspecified atom stereocenters. The normalized spacial score (nSPS) is 15.2. The Balaban J connectivity index is 3.93. The molecule has 0 rings (SSSR count). The third-order valence-corrected chi connectivity index (χ3v) is 1.60. The van der Waals surface area contributed by atoms with Gasteiger partial charge in [-0.15, -0.1) is 0 Å². The second-order valence-electron chi connectivity index (χ2n) is 3.39. The second-order valence-corrected chi connectivity index (χ2v) is 3.39. The quantitative estimate of drug-likeness (QED) is 0.406. The SMILES string of the molecule is CCCCOC(N)=NC(C)=NCC(C)O. The number of ether oxygens (including phenoxy) is 1. The van der Waals surface area contributed by atoms with Gasteiger partial charge in [-0.1, -0.05) is 13.3 Å². The van der Waals surface area contributed by atoms with E-state index in [-0.39, 0.29) is 6.02 Å². The highest BCUT2D eigenvalue weighted by atomic mass is 16.5. The summed E-state index contributed by atoms with van der Waals surface area (Å²) in [7, 11) is 0. The van der Waals surface area contributed by atoms with Gasteiger partial charge in [-0.3, -0.25) is 4.99 Å². The highest BCUT2D eigenvalue weighted by Gasteiger charge is 1.96. The summed E-state index contributed by atoms with van der Waals surface area (Å²) in [4.78, 5) is 7.94. The summed E-state index contributed by atoms with van der Waals surface area (Å²) in [6.07, 6.45) is 1.56. The van der Waals surface area contributed by atoms with Gasteiger partial charge in [0.2, 0.25) is 0 Å². The fourth-order valence-corrected chi connectivity index (χ4v) is 0.812. The molecule has 1 atom stereocenters. The lowest BCUT2D eigenvalue weighted by molar-refractivity contribution is 0.204. The zero-order valence-electron chi connectivity index (χ0n) is 9.73. The number of unbranched alkanes of at least 4 members (excludes halogenated alkanes) is 1. The van der Waals surface area contributed by atoms with Crippen LogP contribution in [0.2, 0.25) is 0 Å². The fraction of sp³-hybridized carbons (Fsp3) is 0.800. The number of amidine groups is 2. The number of aliphatic hydroxyl groups is 1. The van der Waals surface area contributed by atoms with Crippen molar-refractivity contribution in [2.75, 3.05) is 13.2 Å². The Morgan fingerprint density at radius 1 is 1.53 bits per heavy atom. The minimum Gasteiger partial charge on any atom is -0.465 e. The number of nitrogens with two attached hydrogens (primary N) is 1. The summed E-state index contributed by atoms with van der Waals surface area (Å²) in [5.41, 5.74) is 5.51. The summed E-state index contributed by atoms with van der Waals surface area (Å²) in [6.45, 7) is 6.37. The lowest BCUT2D eigenvalue weighted by Crippen LogP contribution is -2.18. The Morgan fingerprint density at radius 3 is 2.73 bits per heavy atom. The standard InChI is InChI=1S/C10H21N3O2/c1-4-5-6-15-10(11)13-9(3)12-7-8(2)14/h8,14H,4-7H2,1-3H3,(H2,11,12,13). The van der Waals surface area contributed by atoms with Gasteiger partial charge in [0, 0.05) is 0 Å². The lowest BCUT2D eigenvalue weighted by atomic mass is 10.4. The van der Waals surface area contributed by atoms with E-state index < -0.39 is 6.10 Å². The minimum atomic E-state index is -0.461. The molecule has 0 aliphatic carbocycles. The molecule has 15 heavy (non-hydrogen) atoms. The largest absolute Gasteiger partial charge is 0.465 e. The van der Waals surface area contributed by atoms with E-state index in [0.717, 1.165) is 12.8 Å². The second kappa shape index (κ2) is 8.23. The molecule has 0 saturated carbocycles. The van der Waals surface area contributed by atoms with E-state index in [0.29, 0.717) is 19.0 Å². The van der Waals surface area contributed by atoms with Gasteiger partial charge in [-0.25, -0.2) is 0 Å². The molecule has 88 valence electrons. The molecule has 0 heterocycles. The van der Waals surface area contributed by atoms with E-state index in [1.165, 1.54) is 0 Å². The molecule has 0 bridgehead atoms. The average molecular weight is 215 g/mol. The van der Waals surface area contributed by atoms with E-state index in [9.17, 15) is 0 Å². The first-order valence-corrected chi connectivity index (χ1v) is 5.22. The van der Waals surface area contributed by atoms with Gasteiger partial charge in [-0.05, 0) is 20.3 Å². The van der Waals surface area contributed by atoms with Crippen LogP contribution >= 0.6 is 0 Å². The number of hydrogen-bond acceptors (Lipinski definition) is 3. The average Bonchev–Trinajstić information content (AvgIpc) is 2.15. The molecule has 0 radical (unpaired) electrons. The smallest absolute Gasteiger partial charge is 0.288 e. The maximum Gasteiger partial charge on any atom is 0.288 e. The Kier molecular flexibility index (Phi) is 7.62. The molecule has 3 N–H and O–H groups in total. The molecule has 0 aliphatic heterocycles. The number of hydrogen-bond donors (Lipinski definition) is 2. The number of rotatable bonds is 5. The van der Waals surface area contributed by atoms with Crippen molar-refractivity contribution < 1.29 is 9.84 Å². The van der Waals surface area contributed by atoms with Crippen LogP contribution < -0.4 is 5.73 Å². The van der Waals surface area contributed by atoms with Crippen molar-refractivity contribution in [2.45, 2.75) is 39.7 Å². The molecular weight excluding hydrogens is 194 g/mol. The van der Waals surface area contributed by atoms with Crippen molar-refractivity contribution in [2.24, 2.45) is 15.7 Å². The highest BCUT2D eigenvalue weighted by molar-refractivity contribution is 5.91. The maximum atomic E-state index is 8.99. The van der Waals surface area contributed by atoms with E-state index in [1.807, 2.05) is 0 Å². The molecule has 0 saturated heterocycles. The Morgan fingerprint density at radius 2 is 2.20 bits per heavy atom. The third kappa shape index (κ3) is 9.21. The summed E-state index contributed by atoms with van der Waals surface area (Å²) in [6, 6.07) is 0.135. The Labute approximate surface area is 91.1 Å². The number of nitrogens with zero attached hydrogens (tertiary/aromatic N) is 2. The third-order valence-electron chi connectivity index (χ3n) is 1.60. The van der Waals surface area contributed by atoms with Crippen molar-refractivity contribution in [3.8, 4) is 0 Å². The van der Waals surface area contributed by atoms with Crippen LogP contribution in [-0.2, 0) is 4.74 Å². The maximum absolute atomic E-state index is 8.99. The van der Waals surface area contributed by atoms with Crippen molar-refractivity contribution in [3.05, 3.63) is 0 Å². The Hall–Kier alpha value is -1.10. The van der Waals surface area contributed by atoms with Crippen LogP contribution in [0.3, 0.4) is 0 Å². The molecular formula is C10H21N3O2. The summed E-state index contributed by atoms with van der Waals surface area (Å²) >= 11 is 0. The van der Waals surface area contributed by atoms with Gasteiger partial charge in [0.1, 0.15) is 5.84 Å². The molecule has 0 spiro atoms. The van der Waals surface area contributed by atoms with Crippen molar-refractivity contribution in [1.82, 2.24) is 0 Å². The first-order chi connectivity index (χ1) is 7.06. The van der Waals surface area contributed by atoms with E-state index in [4.69, 9.17) is 15.6 Å². The van der Waals surface area contributed by atoms with E-state index in [2.05, 4.69) is 16.9 Å². The van der Waals surface area contributed by atoms with Crippen molar-refractivity contribution in [3.63, 3.8) is 0 Å². The van der Waals surface area contributed by atoms with Crippen LogP contribution in [0.15, 0.2) is 9.98 Å². The van der Waals surface area contributed by atoms with Crippen LogP contribution in [0.25, 0.3) is 0 Å². The summed E-state index contributed by atoms with van der Waals surface area (Å²) in [5.74, 6) is 0.518. The predicted molar refractivity (Wildman–Crippen MR) is 62.1 cm³/mol. The molecule has 0 fully saturated rings. The van der Waals surface area contributed by atoms with Crippen molar-refractivity contribution in [1.29, 1.82) is 0 Å². The monoisotopic (exact) mass is 215 g/mol. The molecule has 0 aromatic rings. The zero-order valence-corrected chi connectivity index (χ0v) is 9.73. The Bertz CT molecular complexity index is 225. The van der Waals surface area contributed by atoms with Crippen LogP contribution in [0.1, 0.15) is 33.6 Å². The molecule has 0 aromatic heterocycles. The number of aliphatic imine (C=N–C) groups is 2. The van der Waals surface area contributed by atoms with Gasteiger partial charge < -0.3 is 15.6 Å². The minimum absolute atomic E-state index is 0.135. The zero-order chi connectivity index (χ0) is 11.7. The van der Waals surface area contributed by atoms with Gasteiger partial charge in [0.05, 0.1) is 19.3 Å². The van der Waals surface area contributed by atoms with Crippen molar-refractivity contribution >= 4 is 11.9 Å². The first kappa shape index (κ1) is 13.9. The molecule has 0 amide bonds. The molecule has 0 aromatic carbocycles. The summed E-state index contributed by atoms with van der Waals surface area (Å²) in [5, 5.41) is 8.99. The molecule has 0 aliphatic rings. The van der Waals surface area contributed by atoms with E-state index >= 15 is 0 Å². The topological polar surface area (TPSA) is 80.2 Å². The van der Waals surface area contributed by atoms with Crippen LogP contribution in [-0.4, -0.2) is 36.2 Å². The molecule has 5 nitrogen and oxygen atoms in total. The summed E-state index contributed by atoms with van der Waals surface area (Å²) < 4.78 is 5.14. The highest BCUT2D eigenvalue weighted by Crippen LogP contribution is 1.90. The molecule has 5 heteroatoms. The van der Waals surface area contributed by atoms with Crippen LogP contribution in [0.4, 0.5) is 0 Å². The van der Waals surface area contributed by atoms with Gasteiger partial charge in [0.25, 0.3) is 6.02 Å². The number of aliphatic hydroxyl groups excluding tert-OH is 1. The van der Waals surface area contributed by atoms with E-state index in [1.54, 1.807) is 13.8 Å². The van der Waals surface area contributed by atoms with Crippen LogP contribution in [0, 0.1) is 0 Å². The fourth-order valence-electron chi connectivity index (χ4n) is 0.812. The predicted octanol–water partition coefficient (Wildman–Crippen LogP) is 0.917. The van der Waals surface area contributed by atoms with Gasteiger partial charge >= 0.3 is 0 Å². The van der Waals surface area contributed by atoms with Crippen LogP contribution in [0.5, 0.6) is 0 Å². The first-order valence-electron chi connectivity index (χ1n) is 5.22. The lowest BCUT2D eigenvalue weighted by Gasteiger charge is -2.03.